The van der Waals surface area contributed by atoms with Gasteiger partial charge < -0.3 is 10.4 Å². The third-order valence-electron chi connectivity index (χ3n) is 3.19. The Bertz CT molecular complexity index is 787. The van der Waals surface area contributed by atoms with E-state index in [4.69, 9.17) is 16.7 Å². The lowest BCUT2D eigenvalue weighted by molar-refractivity contribution is -0.137. The van der Waals surface area contributed by atoms with Crippen molar-refractivity contribution in [3.05, 3.63) is 51.8 Å². The molecule has 0 radical (unpaired) electrons. The Morgan fingerprint density at radius 1 is 1.17 bits per heavy atom. The van der Waals surface area contributed by atoms with Gasteiger partial charge in [-0.2, -0.15) is 5.10 Å². The van der Waals surface area contributed by atoms with Crippen LogP contribution in [0.3, 0.4) is 0 Å². The molecule has 2 rings (SSSR count). The van der Waals surface area contributed by atoms with Crippen molar-refractivity contribution in [2.45, 2.75) is 19.4 Å². The number of amides is 1. The van der Waals surface area contributed by atoms with Gasteiger partial charge in [-0.05, 0) is 24.6 Å². The van der Waals surface area contributed by atoms with Gasteiger partial charge >= 0.3 is 5.97 Å². The third-order valence-corrected chi connectivity index (χ3v) is 3.44. The molecule has 0 saturated heterocycles. The molecule has 0 unspecified atom stereocenters. The van der Waals surface area contributed by atoms with E-state index in [1.807, 2.05) is 0 Å². The molecule has 0 fully saturated rings. The van der Waals surface area contributed by atoms with Crippen LogP contribution in [-0.4, -0.2) is 33.3 Å². The first-order valence-electron chi connectivity index (χ1n) is 7.28. The van der Waals surface area contributed by atoms with E-state index >= 15 is 0 Å². The monoisotopic (exact) mass is 349 g/mol. The maximum atomic E-state index is 11.8. The summed E-state index contributed by atoms with van der Waals surface area (Å²) in [6.45, 7) is 0.00406. The fourth-order valence-electron chi connectivity index (χ4n) is 2.00. The van der Waals surface area contributed by atoms with Gasteiger partial charge in [-0.1, -0.05) is 23.7 Å². The van der Waals surface area contributed by atoms with Crippen LogP contribution in [0.1, 0.15) is 12.8 Å². The Morgan fingerprint density at radius 3 is 2.54 bits per heavy atom. The number of halogens is 1. The average Bonchev–Trinajstić information content (AvgIpc) is 2.54. The average molecular weight is 350 g/mol. The number of carboxylic acids is 1. The van der Waals surface area contributed by atoms with Crippen molar-refractivity contribution in [2.75, 3.05) is 6.54 Å². The number of carbonyl (C=O) groups excluding carboxylic acids is 1. The SMILES string of the molecule is O=C(O)CCCNC(=O)Cn1nc(-c2ccc(Cl)cc2)ccc1=O. The number of nitrogens with one attached hydrogen (secondary N) is 1. The second-order valence-electron chi connectivity index (χ2n) is 5.07. The van der Waals surface area contributed by atoms with Crippen molar-refractivity contribution in [1.29, 1.82) is 0 Å². The Kier molecular flexibility index (Phi) is 6.08. The first kappa shape index (κ1) is 17.7. The van der Waals surface area contributed by atoms with Crippen LogP contribution in [0.4, 0.5) is 0 Å². The van der Waals surface area contributed by atoms with Crippen molar-refractivity contribution < 1.29 is 14.7 Å². The molecular formula is C16H16ClN3O4. The molecular weight excluding hydrogens is 334 g/mol. The van der Waals surface area contributed by atoms with Crippen LogP contribution in [-0.2, 0) is 16.1 Å². The highest BCUT2D eigenvalue weighted by Gasteiger charge is 2.08. The summed E-state index contributed by atoms with van der Waals surface area (Å²) in [5.74, 6) is -1.32. The molecule has 0 aliphatic heterocycles. The summed E-state index contributed by atoms with van der Waals surface area (Å²) in [4.78, 5) is 34.1. The van der Waals surface area contributed by atoms with Gasteiger partial charge in [0.25, 0.3) is 5.56 Å². The molecule has 1 aromatic heterocycles. The van der Waals surface area contributed by atoms with Crippen LogP contribution in [0.25, 0.3) is 11.3 Å². The molecule has 0 atom stereocenters. The van der Waals surface area contributed by atoms with Crippen molar-refractivity contribution in [3.63, 3.8) is 0 Å². The Morgan fingerprint density at radius 2 is 1.88 bits per heavy atom. The highest BCUT2D eigenvalue weighted by atomic mass is 35.5. The molecule has 2 aromatic rings. The van der Waals surface area contributed by atoms with Gasteiger partial charge in [0.15, 0.2) is 0 Å². The van der Waals surface area contributed by atoms with Gasteiger partial charge in [-0.15, -0.1) is 0 Å². The molecule has 1 heterocycles. The summed E-state index contributed by atoms with van der Waals surface area (Å²) >= 11 is 5.84. The smallest absolute Gasteiger partial charge is 0.303 e. The summed E-state index contributed by atoms with van der Waals surface area (Å²) < 4.78 is 1.07. The fraction of sp³-hybridized carbons (Fsp3) is 0.250. The lowest BCUT2D eigenvalue weighted by Gasteiger charge is -2.08. The van der Waals surface area contributed by atoms with Crippen LogP contribution in [0, 0.1) is 0 Å². The fourth-order valence-corrected chi connectivity index (χ4v) is 2.12. The molecule has 8 heteroatoms. The van der Waals surface area contributed by atoms with Crippen LogP contribution in [0.5, 0.6) is 0 Å². The third kappa shape index (κ3) is 5.20. The summed E-state index contributed by atoms with van der Waals surface area (Å²) in [6, 6.07) is 9.88. The maximum Gasteiger partial charge on any atom is 0.303 e. The zero-order chi connectivity index (χ0) is 17.5. The predicted molar refractivity (Wildman–Crippen MR) is 88.8 cm³/mol. The molecule has 0 bridgehead atoms. The first-order valence-corrected chi connectivity index (χ1v) is 7.66. The molecule has 0 aliphatic carbocycles. The highest BCUT2D eigenvalue weighted by Crippen LogP contribution is 2.18. The van der Waals surface area contributed by atoms with E-state index in [1.54, 1.807) is 30.3 Å². The minimum absolute atomic E-state index is 0.0233. The zero-order valence-corrected chi connectivity index (χ0v) is 13.5. The number of hydrogen-bond acceptors (Lipinski definition) is 4. The Labute approximate surface area is 142 Å². The van der Waals surface area contributed by atoms with Crippen molar-refractivity contribution in [1.82, 2.24) is 15.1 Å². The minimum atomic E-state index is -0.919. The van der Waals surface area contributed by atoms with Crippen molar-refractivity contribution in [2.24, 2.45) is 0 Å². The number of carboxylic acid groups (broad SMARTS) is 1. The highest BCUT2D eigenvalue weighted by molar-refractivity contribution is 6.30. The van der Waals surface area contributed by atoms with E-state index in [1.165, 1.54) is 6.07 Å². The molecule has 7 nitrogen and oxygen atoms in total. The summed E-state index contributed by atoms with van der Waals surface area (Å²) in [5, 5.41) is 15.9. The summed E-state index contributed by atoms with van der Waals surface area (Å²) in [6.07, 6.45) is 0.304. The number of aromatic nitrogens is 2. The van der Waals surface area contributed by atoms with E-state index in [-0.39, 0.29) is 19.5 Å². The van der Waals surface area contributed by atoms with Crippen LogP contribution >= 0.6 is 11.6 Å². The second kappa shape index (κ2) is 8.26. The molecule has 1 amide bonds. The number of hydrogen-bond donors (Lipinski definition) is 2. The zero-order valence-electron chi connectivity index (χ0n) is 12.7. The normalized spacial score (nSPS) is 10.4. The minimum Gasteiger partial charge on any atom is -0.481 e. The van der Waals surface area contributed by atoms with Gasteiger partial charge in [-0.25, -0.2) is 4.68 Å². The maximum absolute atomic E-state index is 11.8. The number of aliphatic carboxylic acids is 1. The lowest BCUT2D eigenvalue weighted by atomic mass is 10.1. The Balaban J connectivity index is 2.03. The first-order chi connectivity index (χ1) is 11.5. The van der Waals surface area contributed by atoms with E-state index in [0.717, 1.165) is 10.2 Å². The van der Waals surface area contributed by atoms with Crippen molar-refractivity contribution in [3.8, 4) is 11.3 Å². The van der Waals surface area contributed by atoms with E-state index in [9.17, 15) is 14.4 Å². The molecule has 24 heavy (non-hydrogen) atoms. The topological polar surface area (TPSA) is 101 Å². The summed E-state index contributed by atoms with van der Waals surface area (Å²) in [5.41, 5.74) is 0.924. The molecule has 0 saturated carbocycles. The van der Waals surface area contributed by atoms with E-state index < -0.39 is 17.4 Å². The standard InChI is InChI=1S/C16H16ClN3O4/c17-12-5-3-11(4-6-12)13-7-8-15(22)20(19-13)10-14(21)18-9-1-2-16(23)24/h3-8H,1-2,9-10H2,(H,18,21)(H,23,24). The molecule has 0 aliphatic rings. The van der Waals surface area contributed by atoms with Crippen LogP contribution in [0.2, 0.25) is 5.02 Å². The molecule has 2 N–H and O–H groups in total. The summed E-state index contributed by atoms with van der Waals surface area (Å²) in [7, 11) is 0. The van der Waals surface area contributed by atoms with Gasteiger partial charge in [0.1, 0.15) is 6.54 Å². The number of rotatable bonds is 7. The lowest BCUT2D eigenvalue weighted by Crippen LogP contribution is -2.34. The van der Waals surface area contributed by atoms with Crippen LogP contribution < -0.4 is 10.9 Å². The molecule has 1 aromatic carbocycles. The molecule has 126 valence electrons. The number of nitrogens with zero attached hydrogens (tertiary/aromatic N) is 2. The van der Waals surface area contributed by atoms with Crippen molar-refractivity contribution >= 4 is 23.5 Å². The molecule has 0 spiro atoms. The second-order valence-corrected chi connectivity index (χ2v) is 5.51. The van der Waals surface area contributed by atoms with Gasteiger partial charge in [-0.3, -0.25) is 14.4 Å². The Hall–Kier alpha value is -2.67. The number of benzene rings is 1. The largest absolute Gasteiger partial charge is 0.481 e. The predicted octanol–water partition coefficient (Wildman–Crippen LogP) is 1.54. The number of carbonyl (C=O) groups is 2. The van der Waals surface area contributed by atoms with E-state index in [0.29, 0.717) is 17.1 Å². The van der Waals surface area contributed by atoms with Gasteiger partial charge in [0.2, 0.25) is 5.91 Å². The quantitative estimate of drug-likeness (QED) is 0.738. The van der Waals surface area contributed by atoms with Crippen LogP contribution in [0.15, 0.2) is 41.2 Å². The van der Waals surface area contributed by atoms with Gasteiger partial charge in [0.05, 0.1) is 5.69 Å². The van der Waals surface area contributed by atoms with Gasteiger partial charge in [0, 0.05) is 29.6 Å². The van der Waals surface area contributed by atoms with E-state index in [2.05, 4.69) is 10.4 Å².